The topological polar surface area (TPSA) is 43.2 Å². The van der Waals surface area contributed by atoms with Crippen molar-refractivity contribution in [2.45, 2.75) is 0 Å². The van der Waals surface area contributed by atoms with Crippen LogP contribution < -0.4 is 10.1 Å². The second-order valence-electron chi connectivity index (χ2n) is 4.61. The quantitative estimate of drug-likeness (QED) is 0.687. The van der Waals surface area contributed by atoms with Crippen LogP contribution in [0.25, 0.3) is 11.3 Å². The van der Waals surface area contributed by atoms with E-state index in [1.54, 1.807) is 29.2 Å². The van der Waals surface area contributed by atoms with E-state index in [1.165, 1.54) is 24.3 Å². The van der Waals surface area contributed by atoms with Crippen LogP contribution in [0.1, 0.15) is 0 Å². The third-order valence-electron chi connectivity index (χ3n) is 3.00. The van der Waals surface area contributed by atoms with Gasteiger partial charge in [-0.1, -0.05) is 8.96 Å². The van der Waals surface area contributed by atoms with Crippen molar-refractivity contribution in [3.05, 3.63) is 55.0 Å². The number of rotatable bonds is 4. The molecule has 0 saturated carbocycles. The summed E-state index contributed by atoms with van der Waals surface area (Å²) in [6.07, 6.45) is 5.17. The van der Waals surface area contributed by atoms with Crippen molar-refractivity contribution in [2.24, 2.45) is 7.05 Å². The van der Waals surface area contributed by atoms with Gasteiger partial charge in [-0.25, -0.2) is 0 Å². The predicted molar refractivity (Wildman–Crippen MR) is 77.7 cm³/mol. The molecular weight excluding hydrogens is 290 g/mol. The average molecular weight is 302 g/mol. The number of anilines is 1. The number of benzene rings is 1. The van der Waals surface area contributed by atoms with Gasteiger partial charge in [0.1, 0.15) is 17.2 Å². The van der Waals surface area contributed by atoms with Gasteiger partial charge in [-0.3, -0.25) is 9.67 Å². The molecule has 112 valence electrons. The molecule has 0 saturated heterocycles. The summed E-state index contributed by atoms with van der Waals surface area (Å²) in [6, 6.07) is 8.97. The first-order valence-corrected chi connectivity index (χ1v) is 6.46. The Hall–Kier alpha value is -2.96. The normalized spacial score (nSPS) is 10.5. The predicted octanol–water partition coefficient (Wildman–Crippen LogP) is 3.85. The van der Waals surface area contributed by atoms with E-state index in [0.717, 1.165) is 11.3 Å². The Kier molecular flexibility index (Phi) is 3.69. The Morgan fingerprint density at radius 3 is 2.50 bits per heavy atom. The van der Waals surface area contributed by atoms with Crippen LogP contribution >= 0.6 is 0 Å². The SMILES string of the molecule is Cn1cc(-c2cc(Oc3ccc(N(F)F)cc3)ccn2)cn1. The molecule has 0 aliphatic rings. The summed E-state index contributed by atoms with van der Waals surface area (Å²) in [4.78, 5) is 4.26. The summed E-state index contributed by atoms with van der Waals surface area (Å²) in [5.41, 5.74) is 1.40. The summed E-state index contributed by atoms with van der Waals surface area (Å²) in [6.45, 7) is 0. The van der Waals surface area contributed by atoms with Gasteiger partial charge in [0.05, 0.1) is 11.9 Å². The Morgan fingerprint density at radius 1 is 1.09 bits per heavy atom. The van der Waals surface area contributed by atoms with Gasteiger partial charge in [-0.05, 0) is 35.7 Å². The number of aryl methyl sites for hydroxylation is 1. The third-order valence-corrected chi connectivity index (χ3v) is 3.00. The Morgan fingerprint density at radius 2 is 1.86 bits per heavy atom. The molecule has 0 radical (unpaired) electrons. The highest BCUT2D eigenvalue weighted by Gasteiger charge is 2.06. The Balaban J connectivity index is 1.80. The monoisotopic (exact) mass is 302 g/mol. The summed E-state index contributed by atoms with van der Waals surface area (Å²) < 4.78 is 32.0. The van der Waals surface area contributed by atoms with Gasteiger partial charge in [0, 0.05) is 31.1 Å². The zero-order valence-electron chi connectivity index (χ0n) is 11.6. The molecule has 7 heteroatoms. The highest BCUT2D eigenvalue weighted by atomic mass is 19.4. The van der Waals surface area contributed by atoms with Crippen molar-refractivity contribution in [1.29, 1.82) is 0 Å². The molecule has 5 nitrogen and oxygen atoms in total. The third kappa shape index (κ3) is 3.03. The van der Waals surface area contributed by atoms with Crippen LogP contribution in [0.3, 0.4) is 0 Å². The van der Waals surface area contributed by atoms with E-state index in [2.05, 4.69) is 10.1 Å². The molecule has 2 aromatic heterocycles. The fraction of sp³-hybridized carbons (Fsp3) is 0.0667. The van der Waals surface area contributed by atoms with Crippen molar-refractivity contribution in [3.63, 3.8) is 0 Å². The number of hydrogen-bond acceptors (Lipinski definition) is 4. The lowest BCUT2D eigenvalue weighted by molar-refractivity contribution is 0.235. The first-order chi connectivity index (χ1) is 10.6. The molecular formula is C15H12F2N4O. The van der Waals surface area contributed by atoms with Crippen LogP contribution in [-0.4, -0.2) is 14.8 Å². The summed E-state index contributed by atoms with van der Waals surface area (Å²) in [5.74, 6) is 1.04. The molecule has 3 rings (SSSR count). The molecule has 3 aromatic rings. The van der Waals surface area contributed by atoms with Gasteiger partial charge in [0.2, 0.25) is 0 Å². The van der Waals surface area contributed by atoms with Gasteiger partial charge < -0.3 is 4.74 Å². The molecule has 0 aliphatic heterocycles. The lowest BCUT2D eigenvalue weighted by atomic mass is 10.2. The van der Waals surface area contributed by atoms with Gasteiger partial charge in [0.15, 0.2) is 0 Å². The Bertz CT molecular complexity index is 771. The molecule has 0 atom stereocenters. The minimum Gasteiger partial charge on any atom is -0.457 e. The number of pyridine rings is 1. The van der Waals surface area contributed by atoms with E-state index >= 15 is 0 Å². The van der Waals surface area contributed by atoms with Crippen molar-refractivity contribution in [3.8, 4) is 22.8 Å². The van der Waals surface area contributed by atoms with E-state index in [1.807, 2.05) is 13.2 Å². The molecule has 0 aliphatic carbocycles. The van der Waals surface area contributed by atoms with Gasteiger partial charge in [-0.2, -0.15) is 5.10 Å². The highest BCUT2D eigenvalue weighted by molar-refractivity contribution is 5.59. The molecule has 0 bridgehead atoms. The van der Waals surface area contributed by atoms with Crippen LogP contribution in [0.15, 0.2) is 55.0 Å². The maximum atomic E-state index is 12.3. The molecule has 0 N–H and O–H groups in total. The van der Waals surface area contributed by atoms with Gasteiger partial charge in [-0.15, -0.1) is 0 Å². The summed E-state index contributed by atoms with van der Waals surface area (Å²) >= 11 is 0. The van der Waals surface area contributed by atoms with E-state index in [-0.39, 0.29) is 5.69 Å². The molecule has 22 heavy (non-hydrogen) atoms. The second-order valence-corrected chi connectivity index (χ2v) is 4.61. The van der Waals surface area contributed by atoms with E-state index < -0.39 is 5.34 Å². The molecule has 2 heterocycles. The first kappa shape index (κ1) is 14.0. The number of nitrogens with zero attached hydrogens (tertiary/aromatic N) is 4. The van der Waals surface area contributed by atoms with Gasteiger partial charge >= 0.3 is 0 Å². The summed E-state index contributed by atoms with van der Waals surface area (Å²) in [7, 11) is 1.82. The minimum absolute atomic E-state index is 0.196. The number of halogens is 2. The van der Waals surface area contributed by atoms with Crippen LogP contribution in [0, 0.1) is 0 Å². The molecule has 0 unspecified atom stereocenters. The van der Waals surface area contributed by atoms with Crippen LogP contribution in [0.5, 0.6) is 11.5 Å². The number of hydrogen-bond donors (Lipinski definition) is 0. The molecule has 0 amide bonds. The van der Waals surface area contributed by atoms with E-state index in [9.17, 15) is 8.96 Å². The largest absolute Gasteiger partial charge is 0.457 e. The number of aromatic nitrogens is 3. The van der Waals surface area contributed by atoms with Crippen molar-refractivity contribution < 1.29 is 13.7 Å². The van der Waals surface area contributed by atoms with Gasteiger partial charge in [0.25, 0.3) is 0 Å². The smallest absolute Gasteiger partial charge is 0.131 e. The maximum Gasteiger partial charge on any atom is 0.131 e. The average Bonchev–Trinajstić information content (AvgIpc) is 2.95. The number of ether oxygens (including phenoxy) is 1. The fourth-order valence-corrected chi connectivity index (χ4v) is 1.95. The van der Waals surface area contributed by atoms with Crippen LogP contribution in [0.4, 0.5) is 14.6 Å². The van der Waals surface area contributed by atoms with Crippen molar-refractivity contribution >= 4 is 5.69 Å². The zero-order valence-corrected chi connectivity index (χ0v) is 11.6. The lowest BCUT2D eigenvalue weighted by Crippen LogP contribution is -1.95. The Labute approximate surface area is 125 Å². The summed E-state index contributed by atoms with van der Waals surface area (Å²) in [5, 5.41) is 3.15. The zero-order chi connectivity index (χ0) is 15.5. The standard InChI is InChI=1S/C15H12F2N4O/c1-20-10-11(9-19-20)15-8-14(6-7-18-15)22-13-4-2-12(3-5-13)21(16)17/h2-10H,1H3. The maximum absolute atomic E-state index is 12.3. The lowest BCUT2D eigenvalue weighted by Gasteiger charge is -2.08. The molecule has 0 spiro atoms. The van der Waals surface area contributed by atoms with Crippen LogP contribution in [0.2, 0.25) is 0 Å². The molecule has 1 aromatic carbocycles. The van der Waals surface area contributed by atoms with E-state index in [4.69, 9.17) is 4.74 Å². The minimum atomic E-state index is -0.948. The van der Waals surface area contributed by atoms with Crippen LogP contribution in [-0.2, 0) is 7.05 Å². The second kappa shape index (κ2) is 5.80. The van der Waals surface area contributed by atoms with E-state index in [0.29, 0.717) is 11.5 Å². The fourth-order valence-electron chi connectivity index (χ4n) is 1.95. The first-order valence-electron chi connectivity index (χ1n) is 6.46. The highest BCUT2D eigenvalue weighted by Crippen LogP contribution is 2.27. The van der Waals surface area contributed by atoms with Crippen molar-refractivity contribution in [2.75, 3.05) is 5.34 Å². The van der Waals surface area contributed by atoms with Crippen molar-refractivity contribution in [1.82, 2.24) is 14.8 Å². The molecule has 0 fully saturated rings.